The van der Waals surface area contributed by atoms with Gasteiger partial charge in [-0.3, -0.25) is 4.79 Å². The van der Waals surface area contributed by atoms with E-state index in [0.717, 1.165) is 62.4 Å². The summed E-state index contributed by atoms with van der Waals surface area (Å²) in [6.07, 6.45) is 2.90. The van der Waals surface area contributed by atoms with E-state index in [4.69, 9.17) is 10.5 Å². The van der Waals surface area contributed by atoms with E-state index < -0.39 is 0 Å². The monoisotopic (exact) mass is 289 g/mol. The molecule has 2 aliphatic rings. The molecule has 2 heterocycles. The van der Waals surface area contributed by atoms with Gasteiger partial charge in [-0.15, -0.1) is 0 Å². The Bertz CT molecular complexity index is 510. The summed E-state index contributed by atoms with van der Waals surface area (Å²) in [5.41, 5.74) is 7.45. The van der Waals surface area contributed by atoms with Crippen LogP contribution in [0.1, 0.15) is 28.8 Å². The lowest BCUT2D eigenvalue weighted by Crippen LogP contribution is -2.45. The highest BCUT2D eigenvalue weighted by Gasteiger charge is 2.21. The van der Waals surface area contributed by atoms with Crippen LogP contribution in [0.15, 0.2) is 18.2 Å². The summed E-state index contributed by atoms with van der Waals surface area (Å²) in [4.78, 5) is 14.7. The number of hydrogen-bond acceptors (Lipinski definition) is 4. The largest absolute Gasteiger partial charge is 0.493 e. The Morgan fingerprint density at radius 3 is 2.95 bits per heavy atom. The molecule has 0 aromatic heterocycles. The zero-order valence-electron chi connectivity index (χ0n) is 12.3. The Kier molecular flexibility index (Phi) is 4.41. The number of amides is 1. The quantitative estimate of drug-likeness (QED) is 0.859. The molecule has 0 saturated carbocycles. The van der Waals surface area contributed by atoms with E-state index in [1.165, 1.54) is 0 Å². The summed E-state index contributed by atoms with van der Waals surface area (Å²) in [5, 5.41) is 3.15. The molecule has 0 bridgehead atoms. The lowest BCUT2D eigenvalue weighted by Gasteiger charge is -2.32. The van der Waals surface area contributed by atoms with Gasteiger partial charge in [0.15, 0.2) is 0 Å². The van der Waals surface area contributed by atoms with Crippen LogP contribution in [0, 0.1) is 0 Å². The second kappa shape index (κ2) is 6.45. The summed E-state index contributed by atoms with van der Waals surface area (Å²) in [5.74, 6) is 0.948. The number of carbonyl (C=O) groups is 1. The predicted molar refractivity (Wildman–Crippen MR) is 81.6 cm³/mol. The molecule has 5 nitrogen and oxygen atoms in total. The van der Waals surface area contributed by atoms with E-state index in [-0.39, 0.29) is 11.9 Å². The molecule has 1 fully saturated rings. The molecule has 3 rings (SSSR count). The summed E-state index contributed by atoms with van der Waals surface area (Å²) >= 11 is 0. The maximum atomic E-state index is 12.3. The zero-order valence-corrected chi connectivity index (χ0v) is 12.3. The van der Waals surface area contributed by atoms with E-state index in [1.807, 2.05) is 18.2 Å². The Morgan fingerprint density at radius 1 is 1.38 bits per heavy atom. The highest BCUT2D eigenvalue weighted by Crippen LogP contribution is 2.26. The molecule has 1 amide bonds. The Hall–Kier alpha value is -1.59. The summed E-state index contributed by atoms with van der Waals surface area (Å²) in [7, 11) is 0. The van der Waals surface area contributed by atoms with Crippen molar-refractivity contribution in [2.75, 3.05) is 32.8 Å². The fraction of sp³-hybridized carbons (Fsp3) is 0.562. The van der Waals surface area contributed by atoms with Gasteiger partial charge >= 0.3 is 0 Å². The molecular formula is C16H23N3O2. The molecule has 0 atom stereocenters. The second-order valence-electron chi connectivity index (χ2n) is 5.80. The fourth-order valence-electron chi connectivity index (χ4n) is 3.08. The normalized spacial score (nSPS) is 19.1. The van der Waals surface area contributed by atoms with E-state index in [9.17, 15) is 4.79 Å². The average molecular weight is 289 g/mol. The van der Waals surface area contributed by atoms with Crippen molar-refractivity contribution >= 4 is 5.91 Å². The van der Waals surface area contributed by atoms with Crippen LogP contribution >= 0.6 is 0 Å². The summed E-state index contributed by atoms with van der Waals surface area (Å²) in [6, 6.07) is 5.99. The lowest BCUT2D eigenvalue weighted by molar-refractivity contribution is 0.0912. The summed E-state index contributed by atoms with van der Waals surface area (Å²) < 4.78 is 5.47. The van der Waals surface area contributed by atoms with Crippen LogP contribution in [0.2, 0.25) is 0 Å². The highest BCUT2D eigenvalue weighted by atomic mass is 16.5. The van der Waals surface area contributed by atoms with Gasteiger partial charge < -0.3 is 20.7 Å². The van der Waals surface area contributed by atoms with Crippen LogP contribution in [0.25, 0.3) is 0 Å². The van der Waals surface area contributed by atoms with Crippen LogP contribution in [0.4, 0.5) is 0 Å². The fourth-order valence-corrected chi connectivity index (χ4v) is 3.08. The molecule has 114 valence electrons. The smallest absolute Gasteiger partial charge is 0.251 e. The third kappa shape index (κ3) is 3.36. The molecule has 0 unspecified atom stereocenters. The number of fused-ring (bicyclic) bond motifs is 1. The molecule has 3 N–H and O–H groups in total. The van der Waals surface area contributed by atoms with Crippen molar-refractivity contribution in [1.82, 2.24) is 10.2 Å². The number of benzene rings is 1. The summed E-state index contributed by atoms with van der Waals surface area (Å²) in [6.45, 7) is 4.40. The van der Waals surface area contributed by atoms with E-state index >= 15 is 0 Å². The van der Waals surface area contributed by atoms with Gasteiger partial charge in [-0.25, -0.2) is 0 Å². The number of piperidine rings is 1. The average Bonchev–Trinajstić information content (AvgIpc) is 2.97. The van der Waals surface area contributed by atoms with Crippen LogP contribution in [0.3, 0.4) is 0 Å². The van der Waals surface area contributed by atoms with Crippen LogP contribution < -0.4 is 15.8 Å². The number of hydrogen-bond donors (Lipinski definition) is 2. The van der Waals surface area contributed by atoms with E-state index in [2.05, 4.69) is 10.2 Å². The minimum atomic E-state index is 0.0296. The molecule has 1 saturated heterocycles. The van der Waals surface area contributed by atoms with Crippen molar-refractivity contribution < 1.29 is 9.53 Å². The van der Waals surface area contributed by atoms with Gasteiger partial charge in [0.05, 0.1) is 6.61 Å². The molecule has 21 heavy (non-hydrogen) atoms. The minimum Gasteiger partial charge on any atom is -0.493 e. The highest BCUT2D eigenvalue weighted by molar-refractivity contribution is 5.94. The number of nitrogens with two attached hydrogens (primary N) is 1. The van der Waals surface area contributed by atoms with Gasteiger partial charge in [0, 0.05) is 44.2 Å². The molecule has 1 aromatic carbocycles. The third-order valence-corrected chi connectivity index (χ3v) is 4.32. The van der Waals surface area contributed by atoms with Crippen molar-refractivity contribution in [3.63, 3.8) is 0 Å². The zero-order chi connectivity index (χ0) is 14.7. The standard InChI is InChI=1S/C16H23N3O2/c17-6-9-19-7-3-14(4-8-19)18-16(20)13-1-2-15-12(11-13)5-10-21-15/h1-2,11,14H,3-10,17H2,(H,18,20). The number of nitrogens with zero attached hydrogens (tertiary/aromatic N) is 1. The number of nitrogens with one attached hydrogen (secondary N) is 1. The first kappa shape index (κ1) is 14.4. The van der Waals surface area contributed by atoms with Gasteiger partial charge in [-0.2, -0.15) is 0 Å². The van der Waals surface area contributed by atoms with Crippen molar-refractivity contribution in [3.05, 3.63) is 29.3 Å². The van der Waals surface area contributed by atoms with Crippen LogP contribution in [0.5, 0.6) is 5.75 Å². The molecule has 5 heteroatoms. The maximum Gasteiger partial charge on any atom is 0.251 e. The third-order valence-electron chi connectivity index (χ3n) is 4.32. The van der Waals surface area contributed by atoms with Crippen LogP contribution in [-0.2, 0) is 6.42 Å². The number of rotatable bonds is 4. The molecule has 2 aliphatic heterocycles. The van der Waals surface area contributed by atoms with Crippen molar-refractivity contribution in [2.45, 2.75) is 25.3 Å². The molecule has 0 aliphatic carbocycles. The van der Waals surface area contributed by atoms with Gasteiger partial charge in [0.25, 0.3) is 5.91 Å². The number of likely N-dealkylation sites (tertiary alicyclic amines) is 1. The predicted octanol–water partition coefficient (Wildman–Crippen LogP) is 0.774. The molecule has 0 radical (unpaired) electrons. The topological polar surface area (TPSA) is 67.6 Å². The minimum absolute atomic E-state index is 0.0296. The first-order chi connectivity index (χ1) is 10.3. The van der Waals surface area contributed by atoms with E-state index in [1.54, 1.807) is 0 Å². The Balaban J connectivity index is 1.55. The van der Waals surface area contributed by atoms with Crippen molar-refractivity contribution in [2.24, 2.45) is 5.73 Å². The molecular weight excluding hydrogens is 266 g/mol. The first-order valence-corrected chi connectivity index (χ1v) is 7.75. The van der Waals surface area contributed by atoms with Gasteiger partial charge in [0.2, 0.25) is 0 Å². The first-order valence-electron chi connectivity index (χ1n) is 7.75. The Labute approximate surface area is 125 Å². The SMILES string of the molecule is NCCN1CCC(NC(=O)c2ccc3c(c2)CCO3)CC1. The maximum absolute atomic E-state index is 12.3. The number of ether oxygens (including phenoxy) is 1. The van der Waals surface area contributed by atoms with Gasteiger partial charge in [-0.1, -0.05) is 0 Å². The second-order valence-corrected chi connectivity index (χ2v) is 5.80. The number of carbonyl (C=O) groups excluding carboxylic acids is 1. The van der Waals surface area contributed by atoms with Gasteiger partial charge in [-0.05, 0) is 36.6 Å². The van der Waals surface area contributed by atoms with Crippen molar-refractivity contribution in [1.29, 1.82) is 0 Å². The van der Waals surface area contributed by atoms with E-state index in [0.29, 0.717) is 6.54 Å². The lowest BCUT2D eigenvalue weighted by atomic mass is 10.0. The van der Waals surface area contributed by atoms with Crippen LogP contribution in [-0.4, -0.2) is 49.6 Å². The molecule has 1 aromatic rings. The Morgan fingerprint density at radius 2 is 2.19 bits per heavy atom. The van der Waals surface area contributed by atoms with Crippen molar-refractivity contribution in [3.8, 4) is 5.75 Å². The molecule has 0 spiro atoms. The van der Waals surface area contributed by atoms with Gasteiger partial charge in [0.1, 0.15) is 5.75 Å².